The Labute approximate surface area is 126 Å². The van der Waals surface area contributed by atoms with Gasteiger partial charge < -0.3 is 15.0 Å². The first-order valence-corrected chi connectivity index (χ1v) is 6.93. The molecule has 0 saturated carbocycles. The standard InChI is InChI=1S/C15H22N2O2.ClH/c1-3-19-14-6-4-12(5-7-14)15(18)17(2)13-8-10-16-11-9-13;/h4-7,13,16H,3,8-11H2,1-2H3;1H. The predicted molar refractivity (Wildman–Crippen MR) is 82.8 cm³/mol. The Morgan fingerprint density at radius 2 is 1.90 bits per heavy atom. The maximum Gasteiger partial charge on any atom is 0.253 e. The molecule has 0 aliphatic carbocycles. The lowest BCUT2D eigenvalue weighted by molar-refractivity contribution is 0.0703. The monoisotopic (exact) mass is 298 g/mol. The van der Waals surface area contributed by atoms with Gasteiger partial charge in [0.05, 0.1) is 6.61 Å². The number of nitrogens with zero attached hydrogens (tertiary/aromatic N) is 1. The zero-order valence-corrected chi connectivity index (χ0v) is 12.9. The molecule has 1 aliphatic rings. The second-order valence-corrected chi connectivity index (χ2v) is 4.85. The van der Waals surface area contributed by atoms with Crippen molar-refractivity contribution < 1.29 is 9.53 Å². The van der Waals surface area contributed by atoms with E-state index in [1.165, 1.54) is 0 Å². The number of amides is 1. The lowest BCUT2D eigenvalue weighted by atomic mass is 10.0. The van der Waals surface area contributed by atoms with Crippen LogP contribution in [0.15, 0.2) is 24.3 Å². The third-order valence-corrected chi connectivity index (χ3v) is 3.59. The van der Waals surface area contributed by atoms with E-state index in [1.807, 2.05) is 43.1 Å². The number of halogens is 1. The number of hydrogen-bond donors (Lipinski definition) is 1. The van der Waals surface area contributed by atoms with Crippen LogP contribution < -0.4 is 10.1 Å². The second kappa shape index (κ2) is 8.12. The van der Waals surface area contributed by atoms with Gasteiger partial charge in [0, 0.05) is 18.7 Å². The molecule has 1 heterocycles. The van der Waals surface area contributed by atoms with E-state index in [2.05, 4.69) is 5.32 Å². The van der Waals surface area contributed by atoms with Gasteiger partial charge in [0.2, 0.25) is 0 Å². The first-order valence-electron chi connectivity index (χ1n) is 6.93. The fraction of sp³-hybridized carbons (Fsp3) is 0.533. The molecular weight excluding hydrogens is 276 g/mol. The minimum Gasteiger partial charge on any atom is -0.494 e. The van der Waals surface area contributed by atoms with Gasteiger partial charge in [0.1, 0.15) is 5.75 Å². The van der Waals surface area contributed by atoms with E-state index in [0.29, 0.717) is 12.6 Å². The highest BCUT2D eigenvalue weighted by Crippen LogP contribution is 2.16. The van der Waals surface area contributed by atoms with Crippen molar-refractivity contribution in [2.75, 3.05) is 26.7 Å². The van der Waals surface area contributed by atoms with E-state index in [-0.39, 0.29) is 18.3 Å². The van der Waals surface area contributed by atoms with Crippen molar-refractivity contribution in [3.8, 4) is 5.75 Å². The van der Waals surface area contributed by atoms with Gasteiger partial charge in [0.15, 0.2) is 0 Å². The number of rotatable bonds is 4. The fourth-order valence-electron chi connectivity index (χ4n) is 2.42. The van der Waals surface area contributed by atoms with E-state index in [4.69, 9.17) is 4.74 Å². The van der Waals surface area contributed by atoms with Gasteiger partial charge >= 0.3 is 0 Å². The lowest BCUT2D eigenvalue weighted by Crippen LogP contribution is -2.43. The molecule has 2 rings (SSSR count). The maximum absolute atomic E-state index is 12.4. The SMILES string of the molecule is CCOc1ccc(C(=O)N(C)C2CCNCC2)cc1.Cl. The molecule has 1 saturated heterocycles. The Morgan fingerprint density at radius 3 is 2.45 bits per heavy atom. The van der Waals surface area contributed by atoms with Gasteiger partial charge in [-0.25, -0.2) is 0 Å². The van der Waals surface area contributed by atoms with Crippen LogP contribution in [-0.2, 0) is 0 Å². The molecule has 1 aliphatic heterocycles. The molecule has 4 nitrogen and oxygen atoms in total. The number of carbonyl (C=O) groups is 1. The number of hydrogen-bond acceptors (Lipinski definition) is 3. The van der Waals surface area contributed by atoms with Crippen LogP contribution in [0.25, 0.3) is 0 Å². The molecule has 0 spiro atoms. The highest BCUT2D eigenvalue weighted by molar-refractivity contribution is 5.94. The van der Waals surface area contributed by atoms with E-state index >= 15 is 0 Å². The molecule has 0 bridgehead atoms. The molecule has 1 amide bonds. The van der Waals surface area contributed by atoms with Crippen molar-refractivity contribution in [3.05, 3.63) is 29.8 Å². The number of benzene rings is 1. The van der Waals surface area contributed by atoms with Crippen molar-refractivity contribution in [1.29, 1.82) is 0 Å². The Hall–Kier alpha value is -1.26. The van der Waals surface area contributed by atoms with E-state index < -0.39 is 0 Å². The van der Waals surface area contributed by atoms with Gasteiger partial charge in [-0.1, -0.05) is 0 Å². The van der Waals surface area contributed by atoms with Crippen molar-refractivity contribution in [2.24, 2.45) is 0 Å². The largest absolute Gasteiger partial charge is 0.494 e. The van der Waals surface area contributed by atoms with Crippen LogP contribution in [0.2, 0.25) is 0 Å². The molecule has 0 radical (unpaired) electrons. The molecule has 0 atom stereocenters. The number of nitrogens with one attached hydrogen (secondary N) is 1. The number of carbonyl (C=O) groups excluding carboxylic acids is 1. The minimum atomic E-state index is 0. The zero-order valence-electron chi connectivity index (χ0n) is 12.1. The van der Waals surface area contributed by atoms with Gasteiger partial charge in [-0.3, -0.25) is 4.79 Å². The van der Waals surface area contributed by atoms with Crippen LogP contribution in [0, 0.1) is 0 Å². The van der Waals surface area contributed by atoms with Crippen LogP contribution in [-0.4, -0.2) is 43.6 Å². The van der Waals surface area contributed by atoms with E-state index in [1.54, 1.807) is 0 Å². The summed E-state index contributed by atoms with van der Waals surface area (Å²) in [6.45, 7) is 4.57. The highest BCUT2D eigenvalue weighted by Gasteiger charge is 2.22. The molecule has 1 aromatic carbocycles. The molecule has 0 aromatic heterocycles. The first kappa shape index (κ1) is 16.8. The summed E-state index contributed by atoms with van der Waals surface area (Å²) in [6.07, 6.45) is 2.05. The summed E-state index contributed by atoms with van der Waals surface area (Å²) in [6, 6.07) is 7.73. The number of piperidine rings is 1. The second-order valence-electron chi connectivity index (χ2n) is 4.85. The van der Waals surface area contributed by atoms with Crippen LogP contribution in [0.3, 0.4) is 0 Å². The summed E-state index contributed by atoms with van der Waals surface area (Å²) in [5, 5.41) is 3.32. The maximum atomic E-state index is 12.4. The highest BCUT2D eigenvalue weighted by atomic mass is 35.5. The average molecular weight is 299 g/mol. The first-order chi connectivity index (χ1) is 9.22. The molecule has 1 fully saturated rings. The lowest BCUT2D eigenvalue weighted by Gasteiger charge is -2.31. The predicted octanol–water partition coefficient (Wildman–Crippen LogP) is 2.33. The molecule has 112 valence electrons. The zero-order chi connectivity index (χ0) is 13.7. The van der Waals surface area contributed by atoms with Crippen molar-refractivity contribution in [2.45, 2.75) is 25.8 Å². The van der Waals surface area contributed by atoms with Gasteiger partial charge in [-0.2, -0.15) is 0 Å². The van der Waals surface area contributed by atoms with Crippen molar-refractivity contribution in [3.63, 3.8) is 0 Å². The minimum absolute atomic E-state index is 0. The van der Waals surface area contributed by atoms with Gasteiger partial charge in [-0.05, 0) is 57.1 Å². The Kier molecular flexibility index (Phi) is 6.82. The Morgan fingerprint density at radius 1 is 1.30 bits per heavy atom. The third kappa shape index (κ3) is 4.12. The van der Waals surface area contributed by atoms with Gasteiger partial charge in [0.25, 0.3) is 5.91 Å². The summed E-state index contributed by atoms with van der Waals surface area (Å²) in [4.78, 5) is 14.2. The molecule has 20 heavy (non-hydrogen) atoms. The topological polar surface area (TPSA) is 41.6 Å². The summed E-state index contributed by atoms with van der Waals surface area (Å²) in [5.41, 5.74) is 0.726. The van der Waals surface area contributed by atoms with Gasteiger partial charge in [-0.15, -0.1) is 12.4 Å². The Balaban J connectivity index is 0.00000200. The van der Waals surface area contributed by atoms with Crippen LogP contribution in [0.4, 0.5) is 0 Å². The van der Waals surface area contributed by atoms with E-state index in [0.717, 1.165) is 37.2 Å². The van der Waals surface area contributed by atoms with Crippen molar-refractivity contribution in [1.82, 2.24) is 10.2 Å². The molecule has 1 aromatic rings. The summed E-state index contributed by atoms with van der Waals surface area (Å²) < 4.78 is 5.38. The Bertz CT molecular complexity index is 416. The van der Waals surface area contributed by atoms with Crippen molar-refractivity contribution >= 4 is 18.3 Å². The smallest absolute Gasteiger partial charge is 0.253 e. The molecule has 5 heteroatoms. The normalized spacial score (nSPS) is 15.3. The number of ether oxygens (including phenoxy) is 1. The molecule has 0 unspecified atom stereocenters. The quantitative estimate of drug-likeness (QED) is 0.927. The molecular formula is C15H23ClN2O2. The van der Waals surface area contributed by atoms with Crippen LogP contribution >= 0.6 is 12.4 Å². The van der Waals surface area contributed by atoms with E-state index in [9.17, 15) is 4.79 Å². The summed E-state index contributed by atoms with van der Waals surface area (Å²) in [7, 11) is 1.90. The van der Waals surface area contributed by atoms with Crippen LogP contribution in [0.5, 0.6) is 5.75 Å². The fourth-order valence-corrected chi connectivity index (χ4v) is 2.42. The molecule has 1 N–H and O–H groups in total. The average Bonchev–Trinajstić information content (AvgIpc) is 2.48. The van der Waals surface area contributed by atoms with Crippen LogP contribution in [0.1, 0.15) is 30.1 Å². The summed E-state index contributed by atoms with van der Waals surface area (Å²) in [5.74, 6) is 0.901. The summed E-state index contributed by atoms with van der Waals surface area (Å²) >= 11 is 0. The third-order valence-electron chi connectivity index (χ3n) is 3.59.